The van der Waals surface area contributed by atoms with Crippen LogP contribution in [0.3, 0.4) is 0 Å². The molecule has 0 bridgehead atoms. The maximum Gasteiger partial charge on any atom is 0.255 e. The Balaban J connectivity index is 1.30. The summed E-state index contributed by atoms with van der Waals surface area (Å²) < 4.78 is 0. The van der Waals surface area contributed by atoms with Crippen molar-refractivity contribution in [1.29, 1.82) is 0 Å². The van der Waals surface area contributed by atoms with Crippen LogP contribution in [0.5, 0.6) is 0 Å². The van der Waals surface area contributed by atoms with Gasteiger partial charge in [0.15, 0.2) is 0 Å². The van der Waals surface area contributed by atoms with E-state index in [0.29, 0.717) is 5.56 Å². The number of anilines is 1. The first kappa shape index (κ1) is 18.9. The summed E-state index contributed by atoms with van der Waals surface area (Å²) in [5.74, 6) is 1.85. The molecule has 0 aliphatic carbocycles. The Kier molecular flexibility index (Phi) is 5.91. The molecule has 5 nitrogen and oxygen atoms in total. The van der Waals surface area contributed by atoms with Gasteiger partial charge in [-0.2, -0.15) is 0 Å². The molecule has 0 atom stereocenters. The Bertz CT molecular complexity index is 761. The second-order valence-corrected chi connectivity index (χ2v) is 8.12. The molecule has 2 aromatic rings. The van der Waals surface area contributed by atoms with Crippen molar-refractivity contribution >= 4 is 11.7 Å². The van der Waals surface area contributed by atoms with E-state index in [4.69, 9.17) is 0 Å². The standard InChI is InChI=1S/C23H30N4O/c1-25-13-15-27(16-14-25)23(28)21-7-8-22(24-18-21)26-11-9-20(10-12-26)17-19-5-3-2-4-6-19/h2-8,18,20H,9-17H2,1H3. The van der Waals surface area contributed by atoms with Crippen LogP contribution in [0.4, 0.5) is 5.82 Å². The van der Waals surface area contributed by atoms with Gasteiger partial charge in [-0.1, -0.05) is 30.3 Å². The summed E-state index contributed by atoms with van der Waals surface area (Å²) in [6.07, 6.45) is 5.31. The van der Waals surface area contributed by atoms with Crippen molar-refractivity contribution in [3.63, 3.8) is 0 Å². The van der Waals surface area contributed by atoms with Gasteiger partial charge >= 0.3 is 0 Å². The number of amides is 1. The minimum Gasteiger partial charge on any atom is -0.357 e. The van der Waals surface area contributed by atoms with E-state index in [1.165, 1.54) is 24.8 Å². The molecule has 2 aliphatic heterocycles. The number of piperazine rings is 1. The van der Waals surface area contributed by atoms with Crippen molar-refractivity contribution < 1.29 is 4.79 Å². The number of hydrogen-bond acceptors (Lipinski definition) is 4. The van der Waals surface area contributed by atoms with Crippen LogP contribution in [0.15, 0.2) is 48.7 Å². The van der Waals surface area contributed by atoms with Gasteiger partial charge in [0.2, 0.25) is 0 Å². The average molecular weight is 379 g/mol. The Labute approximate surface area is 168 Å². The minimum absolute atomic E-state index is 0.105. The monoisotopic (exact) mass is 378 g/mol. The van der Waals surface area contributed by atoms with Crippen LogP contribution in [0.25, 0.3) is 0 Å². The van der Waals surface area contributed by atoms with Crippen molar-refractivity contribution in [3.8, 4) is 0 Å². The summed E-state index contributed by atoms with van der Waals surface area (Å²) in [4.78, 5) is 23.8. The fourth-order valence-electron chi connectivity index (χ4n) is 4.21. The van der Waals surface area contributed by atoms with Gasteiger partial charge in [0.25, 0.3) is 5.91 Å². The Morgan fingerprint density at radius 3 is 2.32 bits per heavy atom. The molecule has 2 saturated heterocycles. The normalized spacial score (nSPS) is 19.0. The van der Waals surface area contributed by atoms with Gasteiger partial charge in [-0.25, -0.2) is 4.98 Å². The summed E-state index contributed by atoms with van der Waals surface area (Å²) in [6, 6.07) is 14.7. The molecule has 2 fully saturated rings. The van der Waals surface area contributed by atoms with Crippen molar-refractivity contribution in [2.24, 2.45) is 5.92 Å². The van der Waals surface area contributed by atoms with Crippen molar-refractivity contribution in [3.05, 3.63) is 59.8 Å². The molecule has 4 rings (SSSR count). The maximum absolute atomic E-state index is 12.7. The van der Waals surface area contributed by atoms with Crippen molar-refractivity contribution in [2.45, 2.75) is 19.3 Å². The number of hydrogen-bond donors (Lipinski definition) is 0. The summed E-state index contributed by atoms with van der Waals surface area (Å²) in [5, 5.41) is 0. The second-order valence-electron chi connectivity index (χ2n) is 8.12. The largest absolute Gasteiger partial charge is 0.357 e. The predicted molar refractivity (Wildman–Crippen MR) is 113 cm³/mol. The van der Waals surface area contributed by atoms with E-state index in [-0.39, 0.29) is 5.91 Å². The quantitative estimate of drug-likeness (QED) is 0.820. The molecule has 5 heteroatoms. The lowest BCUT2D eigenvalue weighted by molar-refractivity contribution is 0.0663. The number of carbonyl (C=O) groups excluding carboxylic acids is 1. The van der Waals surface area contributed by atoms with E-state index in [9.17, 15) is 4.79 Å². The SMILES string of the molecule is CN1CCN(C(=O)c2ccc(N3CCC(Cc4ccccc4)CC3)nc2)CC1. The Hall–Kier alpha value is -2.40. The molecule has 1 aromatic carbocycles. The zero-order valence-electron chi connectivity index (χ0n) is 16.8. The number of likely N-dealkylation sites (N-methyl/N-ethyl adjacent to an activating group) is 1. The lowest BCUT2D eigenvalue weighted by Gasteiger charge is -2.33. The molecule has 0 radical (unpaired) electrons. The smallest absolute Gasteiger partial charge is 0.255 e. The molecule has 0 spiro atoms. The summed E-state index contributed by atoms with van der Waals surface area (Å²) in [5.41, 5.74) is 2.14. The van der Waals surface area contributed by atoms with Crippen LogP contribution in [0, 0.1) is 5.92 Å². The highest BCUT2D eigenvalue weighted by molar-refractivity contribution is 5.94. The number of piperidine rings is 1. The van der Waals surface area contributed by atoms with Gasteiger partial charge in [-0.3, -0.25) is 4.79 Å². The minimum atomic E-state index is 0.105. The van der Waals surface area contributed by atoms with E-state index in [1.807, 2.05) is 17.0 Å². The van der Waals surface area contributed by atoms with Crippen molar-refractivity contribution in [2.75, 3.05) is 51.2 Å². The van der Waals surface area contributed by atoms with E-state index in [2.05, 4.69) is 52.2 Å². The molecule has 0 unspecified atom stereocenters. The average Bonchev–Trinajstić information content (AvgIpc) is 2.75. The molecular formula is C23H30N4O. The van der Waals surface area contributed by atoms with Gasteiger partial charge in [0, 0.05) is 45.5 Å². The molecular weight excluding hydrogens is 348 g/mol. The fraction of sp³-hybridized carbons (Fsp3) is 0.478. The van der Waals surface area contributed by atoms with Crippen LogP contribution >= 0.6 is 0 Å². The van der Waals surface area contributed by atoms with Gasteiger partial charge < -0.3 is 14.7 Å². The number of carbonyl (C=O) groups is 1. The van der Waals surface area contributed by atoms with Gasteiger partial charge in [0.05, 0.1) is 5.56 Å². The van der Waals surface area contributed by atoms with Gasteiger partial charge in [-0.15, -0.1) is 0 Å². The third-order valence-electron chi connectivity index (χ3n) is 6.09. The molecule has 3 heterocycles. The number of benzene rings is 1. The third kappa shape index (κ3) is 4.53. The molecule has 0 saturated carbocycles. The molecule has 0 N–H and O–H groups in total. The summed E-state index contributed by atoms with van der Waals surface area (Å²) in [6.45, 7) is 5.55. The Morgan fingerprint density at radius 1 is 0.964 bits per heavy atom. The van der Waals surface area contributed by atoms with Gasteiger partial charge in [-0.05, 0) is 49.9 Å². The lowest BCUT2D eigenvalue weighted by Crippen LogP contribution is -2.47. The number of rotatable bonds is 4. The van der Waals surface area contributed by atoms with Crippen LogP contribution in [0.1, 0.15) is 28.8 Å². The first-order chi connectivity index (χ1) is 13.7. The lowest BCUT2D eigenvalue weighted by atomic mass is 9.90. The van der Waals surface area contributed by atoms with E-state index >= 15 is 0 Å². The number of pyridine rings is 1. The number of nitrogens with zero attached hydrogens (tertiary/aromatic N) is 4. The van der Waals surface area contributed by atoms with E-state index < -0.39 is 0 Å². The van der Waals surface area contributed by atoms with Crippen LogP contribution < -0.4 is 4.90 Å². The Morgan fingerprint density at radius 2 is 1.68 bits per heavy atom. The first-order valence-corrected chi connectivity index (χ1v) is 10.4. The van der Waals surface area contributed by atoms with E-state index in [0.717, 1.165) is 51.0 Å². The molecule has 2 aliphatic rings. The summed E-state index contributed by atoms with van der Waals surface area (Å²) in [7, 11) is 2.10. The zero-order valence-corrected chi connectivity index (χ0v) is 16.8. The molecule has 1 amide bonds. The topological polar surface area (TPSA) is 39.7 Å². The van der Waals surface area contributed by atoms with Crippen LogP contribution in [-0.4, -0.2) is 67.0 Å². The van der Waals surface area contributed by atoms with Gasteiger partial charge in [0.1, 0.15) is 5.82 Å². The number of aromatic nitrogens is 1. The van der Waals surface area contributed by atoms with Crippen LogP contribution in [-0.2, 0) is 6.42 Å². The highest BCUT2D eigenvalue weighted by atomic mass is 16.2. The first-order valence-electron chi connectivity index (χ1n) is 10.4. The second kappa shape index (κ2) is 8.74. The molecule has 1 aromatic heterocycles. The highest BCUT2D eigenvalue weighted by Gasteiger charge is 2.23. The maximum atomic E-state index is 12.7. The molecule has 148 valence electrons. The molecule has 28 heavy (non-hydrogen) atoms. The van der Waals surface area contributed by atoms with Crippen molar-refractivity contribution in [1.82, 2.24) is 14.8 Å². The highest BCUT2D eigenvalue weighted by Crippen LogP contribution is 2.25. The zero-order chi connectivity index (χ0) is 19.3. The third-order valence-corrected chi connectivity index (χ3v) is 6.09. The predicted octanol–water partition coefficient (Wildman–Crippen LogP) is 2.93. The summed E-state index contributed by atoms with van der Waals surface area (Å²) >= 11 is 0. The van der Waals surface area contributed by atoms with Crippen LogP contribution in [0.2, 0.25) is 0 Å². The fourth-order valence-corrected chi connectivity index (χ4v) is 4.21. The van der Waals surface area contributed by atoms with E-state index in [1.54, 1.807) is 6.20 Å².